The molecule has 1 aliphatic rings. The van der Waals surface area contributed by atoms with E-state index in [4.69, 9.17) is 0 Å². The Kier molecular flexibility index (Phi) is 4.02. The van der Waals surface area contributed by atoms with Gasteiger partial charge in [0.05, 0.1) is 0 Å². The van der Waals surface area contributed by atoms with Gasteiger partial charge in [0.25, 0.3) is 0 Å². The molecule has 21 heavy (non-hydrogen) atoms. The van der Waals surface area contributed by atoms with Crippen LogP contribution in [-0.4, -0.2) is 12.5 Å². The lowest BCUT2D eigenvalue weighted by molar-refractivity contribution is -0.123. The highest BCUT2D eigenvalue weighted by Crippen LogP contribution is 2.22. The number of rotatable bonds is 3. The van der Waals surface area contributed by atoms with Gasteiger partial charge >= 0.3 is 0 Å². The van der Waals surface area contributed by atoms with E-state index in [1.165, 1.54) is 11.1 Å². The van der Waals surface area contributed by atoms with E-state index in [2.05, 4.69) is 35.8 Å². The minimum Gasteiger partial charge on any atom is -0.350 e. The Morgan fingerprint density at radius 2 is 1.95 bits per heavy atom. The predicted octanol–water partition coefficient (Wildman–Crippen LogP) is 2.50. The van der Waals surface area contributed by atoms with Crippen LogP contribution in [0.4, 0.5) is 0 Å². The maximum absolute atomic E-state index is 12.5. The monoisotopic (exact) mass is 280 g/mol. The molecule has 1 atom stereocenters. The Bertz CT molecular complexity index is 651. The molecule has 3 heteroatoms. The first kappa shape index (κ1) is 13.8. The van der Waals surface area contributed by atoms with Crippen molar-refractivity contribution in [2.24, 2.45) is 0 Å². The zero-order chi connectivity index (χ0) is 14.7. The van der Waals surface area contributed by atoms with Crippen LogP contribution in [0.5, 0.6) is 0 Å². The van der Waals surface area contributed by atoms with Crippen LogP contribution in [0.25, 0.3) is 0 Å². The highest BCUT2D eigenvalue weighted by atomic mass is 16.2. The molecule has 1 heterocycles. The molecule has 3 nitrogen and oxygen atoms in total. The van der Waals surface area contributed by atoms with E-state index in [9.17, 15) is 4.79 Å². The molecule has 108 valence electrons. The summed E-state index contributed by atoms with van der Waals surface area (Å²) in [6, 6.07) is 16.1. The van der Waals surface area contributed by atoms with Crippen LogP contribution in [0.3, 0.4) is 0 Å². The molecule has 0 fully saturated rings. The fourth-order valence-electron chi connectivity index (χ4n) is 2.83. The van der Waals surface area contributed by atoms with Gasteiger partial charge in [-0.25, -0.2) is 0 Å². The quantitative estimate of drug-likeness (QED) is 0.907. The molecule has 2 aromatic carbocycles. The zero-order valence-electron chi connectivity index (χ0n) is 12.2. The molecule has 0 spiro atoms. The standard InChI is InChI=1S/C18H20N2O/c1-13-6-2-3-8-15(13)12-20-18(21)17-16-9-5-4-7-14(16)10-11-19-17/h2-9,17,19H,10-12H2,1H3,(H,20,21). The molecule has 0 aliphatic carbocycles. The van der Waals surface area contributed by atoms with Gasteiger partial charge in [-0.1, -0.05) is 48.5 Å². The van der Waals surface area contributed by atoms with Gasteiger partial charge in [-0.05, 0) is 35.6 Å². The van der Waals surface area contributed by atoms with Crippen LogP contribution in [-0.2, 0) is 17.8 Å². The number of carbonyl (C=O) groups is 1. The lowest BCUT2D eigenvalue weighted by Gasteiger charge is -2.26. The van der Waals surface area contributed by atoms with Crippen molar-refractivity contribution in [2.75, 3.05) is 6.54 Å². The summed E-state index contributed by atoms with van der Waals surface area (Å²) in [6.07, 6.45) is 0.984. The molecular weight excluding hydrogens is 260 g/mol. The van der Waals surface area contributed by atoms with Crippen LogP contribution < -0.4 is 10.6 Å². The molecule has 2 aromatic rings. The first-order chi connectivity index (χ1) is 10.3. The van der Waals surface area contributed by atoms with E-state index in [-0.39, 0.29) is 11.9 Å². The summed E-state index contributed by atoms with van der Waals surface area (Å²) in [4.78, 5) is 12.5. The molecule has 0 radical (unpaired) electrons. The molecule has 3 rings (SSSR count). The number of aryl methyl sites for hydroxylation is 1. The first-order valence-corrected chi connectivity index (χ1v) is 7.39. The molecule has 0 saturated heterocycles. The maximum atomic E-state index is 12.5. The molecule has 1 aliphatic heterocycles. The van der Waals surface area contributed by atoms with E-state index < -0.39 is 0 Å². The van der Waals surface area contributed by atoms with Crippen LogP contribution in [0.15, 0.2) is 48.5 Å². The predicted molar refractivity (Wildman–Crippen MR) is 83.9 cm³/mol. The Morgan fingerprint density at radius 1 is 1.19 bits per heavy atom. The summed E-state index contributed by atoms with van der Waals surface area (Å²) in [7, 11) is 0. The average molecular weight is 280 g/mol. The van der Waals surface area contributed by atoms with Gasteiger partial charge in [-0.3, -0.25) is 4.79 Å². The van der Waals surface area contributed by atoms with Gasteiger partial charge in [-0.15, -0.1) is 0 Å². The van der Waals surface area contributed by atoms with Gasteiger partial charge in [0.1, 0.15) is 6.04 Å². The highest BCUT2D eigenvalue weighted by molar-refractivity contribution is 5.83. The lowest BCUT2D eigenvalue weighted by Crippen LogP contribution is -2.41. The number of hydrogen-bond acceptors (Lipinski definition) is 2. The highest BCUT2D eigenvalue weighted by Gasteiger charge is 2.25. The van der Waals surface area contributed by atoms with Crippen molar-refractivity contribution in [1.29, 1.82) is 0 Å². The Morgan fingerprint density at radius 3 is 2.81 bits per heavy atom. The number of benzene rings is 2. The number of fused-ring (bicyclic) bond motifs is 1. The molecular formula is C18H20N2O. The Balaban J connectivity index is 1.71. The van der Waals surface area contributed by atoms with E-state index >= 15 is 0 Å². The van der Waals surface area contributed by atoms with Crippen molar-refractivity contribution < 1.29 is 4.79 Å². The van der Waals surface area contributed by atoms with Crippen LogP contribution >= 0.6 is 0 Å². The third-order valence-electron chi connectivity index (χ3n) is 4.09. The maximum Gasteiger partial charge on any atom is 0.242 e. The van der Waals surface area contributed by atoms with Crippen molar-refractivity contribution in [3.8, 4) is 0 Å². The second kappa shape index (κ2) is 6.10. The summed E-state index contributed by atoms with van der Waals surface area (Å²) in [5.41, 5.74) is 4.74. The van der Waals surface area contributed by atoms with Gasteiger partial charge in [-0.2, -0.15) is 0 Å². The smallest absolute Gasteiger partial charge is 0.242 e. The fraction of sp³-hybridized carbons (Fsp3) is 0.278. The van der Waals surface area contributed by atoms with Crippen molar-refractivity contribution in [3.05, 3.63) is 70.8 Å². The number of amides is 1. The minimum atomic E-state index is -0.237. The van der Waals surface area contributed by atoms with Crippen LogP contribution in [0.2, 0.25) is 0 Å². The first-order valence-electron chi connectivity index (χ1n) is 7.39. The Labute approximate surface area is 125 Å². The molecule has 0 bridgehead atoms. The summed E-state index contributed by atoms with van der Waals surface area (Å²) >= 11 is 0. The molecule has 1 unspecified atom stereocenters. The van der Waals surface area contributed by atoms with Crippen molar-refractivity contribution >= 4 is 5.91 Å². The van der Waals surface area contributed by atoms with Crippen molar-refractivity contribution in [2.45, 2.75) is 25.9 Å². The number of nitrogens with one attached hydrogen (secondary N) is 2. The molecule has 2 N–H and O–H groups in total. The van der Waals surface area contributed by atoms with E-state index in [0.717, 1.165) is 24.1 Å². The van der Waals surface area contributed by atoms with Gasteiger partial charge in [0, 0.05) is 13.1 Å². The Hall–Kier alpha value is -2.13. The topological polar surface area (TPSA) is 41.1 Å². The SMILES string of the molecule is Cc1ccccc1CNC(=O)C1NCCc2ccccc21. The summed E-state index contributed by atoms with van der Waals surface area (Å²) in [6.45, 7) is 3.49. The second-order valence-electron chi connectivity index (χ2n) is 5.48. The van der Waals surface area contributed by atoms with Gasteiger partial charge in [0.15, 0.2) is 0 Å². The number of carbonyl (C=O) groups excluding carboxylic acids is 1. The van der Waals surface area contributed by atoms with Gasteiger partial charge < -0.3 is 10.6 Å². The summed E-state index contributed by atoms with van der Waals surface area (Å²) < 4.78 is 0. The number of hydrogen-bond donors (Lipinski definition) is 2. The van der Waals surface area contributed by atoms with Crippen LogP contribution in [0, 0.1) is 6.92 Å². The van der Waals surface area contributed by atoms with Crippen molar-refractivity contribution in [3.63, 3.8) is 0 Å². The fourth-order valence-corrected chi connectivity index (χ4v) is 2.83. The summed E-state index contributed by atoms with van der Waals surface area (Å²) in [5.74, 6) is 0.0467. The summed E-state index contributed by atoms with van der Waals surface area (Å²) in [5, 5.41) is 6.36. The lowest BCUT2D eigenvalue weighted by atomic mass is 9.94. The molecule has 1 amide bonds. The van der Waals surface area contributed by atoms with Crippen LogP contribution in [0.1, 0.15) is 28.3 Å². The van der Waals surface area contributed by atoms with E-state index in [1.54, 1.807) is 0 Å². The molecule has 0 saturated carbocycles. The average Bonchev–Trinajstić information content (AvgIpc) is 2.53. The third kappa shape index (κ3) is 2.98. The minimum absolute atomic E-state index is 0.0467. The normalized spacial score (nSPS) is 17.1. The third-order valence-corrected chi connectivity index (χ3v) is 4.09. The zero-order valence-corrected chi connectivity index (χ0v) is 12.2. The second-order valence-corrected chi connectivity index (χ2v) is 5.48. The van der Waals surface area contributed by atoms with Crippen molar-refractivity contribution in [1.82, 2.24) is 10.6 Å². The van der Waals surface area contributed by atoms with E-state index in [0.29, 0.717) is 6.54 Å². The van der Waals surface area contributed by atoms with E-state index in [1.807, 2.05) is 30.3 Å². The largest absolute Gasteiger partial charge is 0.350 e. The van der Waals surface area contributed by atoms with Gasteiger partial charge in [0.2, 0.25) is 5.91 Å². The molecule has 0 aromatic heterocycles.